The third-order valence-corrected chi connectivity index (χ3v) is 7.48. The quantitative estimate of drug-likeness (QED) is 0.717. The molecule has 1 aromatic rings. The monoisotopic (exact) mass is 370 g/mol. The van der Waals surface area contributed by atoms with Gasteiger partial charge in [-0.25, -0.2) is 0 Å². The van der Waals surface area contributed by atoms with Gasteiger partial charge in [0.1, 0.15) is 0 Å². The van der Waals surface area contributed by atoms with Crippen molar-refractivity contribution in [1.82, 2.24) is 0 Å². The molecule has 5 N–H and O–H groups in total. The van der Waals surface area contributed by atoms with Crippen LogP contribution < -0.4 is 16.4 Å². The number of anilines is 1. The number of benzene rings is 1. The van der Waals surface area contributed by atoms with Gasteiger partial charge in [0, 0.05) is 16.7 Å². The van der Waals surface area contributed by atoms with Crippen LogP contribution in [0.1, 0.15) is 62.7 Å². The Labute approximate surface area is 161 Å². The van der Waals surface area contributed by atoms with E-state index in [-0.39, 0.29) is 11.9 Å². The summed E-state index contributed by atoms with van der Waals surface area (Å²) in [5.41, 5.74) is 6.85. The number of carbonyl (C=O) groups excluding carboxylic acids is 2. The molecule has 5 nitrogen and oxygen atoms in total. The summed E-state index contributed by atoms with van der Waals surface area (Å²) in [6.07, 6.45) is 8.43. The van der Waals surface area contributed by atoms with Gasteiger partial charge in [-0.3, -0.25) is 9.59 Å². The van der Waals surface area contributed by atoms with Gasteiger partial charge in [0.25, 0.3) is 5.91 Å². The van der Waals surface area contributed by atoms with Crippen molar-refractivity contribution in [3.8, 4) is 0 Å². The molecule has 0 aromatic heterocycles. The molecule has 1 aromatic carbocycles. The molecular weight excluding hydrogens is 338 g/mol. The van der Waals surface area contributed by atoms with Crippen molar-refractivity contribution in [2.45, 2.75) is 64.5 Å². The largest absolute Gasteiger partial charge is 0.366 e. The van der Waals surface area contributed by atoms with Crippen molar-refractivity contribution in [2.24, 2.45) is 28.9 Å². The Morgan fingerprint density at radius 1 is 1.04 bits per heavy atom. The highest BCUT2D eigenvalue weighted by Crippen LogP contribution is 2.60. The summed E-state index contributed by atoms with van der Waals surface area (Å²) in [6, 6.07) is 7.09. The van der Waals surface area contributed by atoms with Crippen molar-refractivity contribution >= 4 is 17.5 Å². The second-order valence-electron chi connectivity index (χ2n) is 9.48. The van der Waals surface area contributed by atoms with Crippen molar-refractivity contribution < 1.29 is 14.9 Å². The van der Waals surface area contributed by atoms with Crippen molar-refractivity contribution in [3.63, 3.8) is 0 Å². The Bertz CT molecular complexity index is 692. The SMILES string of the molecule is C[C@H]([NH2+][C@H](C)C12CC3CC(CC(C3)C1)C2)C(=O)Nc1ccc(C(N)=O)cc1. The lowest BCUT2D eigenvalue weighted by Crippen LogP contribution is -2.98. The third-order valence-electron chi connectivity index (χ3n) is 7.48. The van der Waals surface area contributed by atoms with Gasteiger partial charge in [0.2, 0.25) is 5.91 Å². The molecule has 2 amide bonds. The van der Waals surface area contributed by atoms with Gasteiger partial charge in [-0.15, -0.1) is 0 Å². The van der Waals surface area contributed by atoms with Gasteiger partial charge in [-0.1, -0.05) is 0 Å². The topological polar surface area (TPSA) is 88.8 Å². The van der Waals surface area contributed by atoms with Crippen LogP contribution in [0.3, 0.4) is 0 Å². The fourth-order valence-electron chi connectivity index (χ4n) is 6.43. The van der Waals surface area contributed by atoms with Gasteiger partial charge in [0.15, 0.2) is 6.04 Å². The highest BCUT2D eigenvalue weighted by Gasteiger charge is 2.54. The number of primary amides is 1. The molecule has 4 saturated carbocycles. The minimum absolute atomic E-state index is 0.0124. The molecule has 146 valence electrons. The van der Waals surface area contributed by atoms with Crippen LogP contribution in [0.5, 0.6) is 0 Å². The van der Waals surface area contributed by atoms with E-state index in [0.29, 0.717) is 22.7 Å². The average molecular weight is 371 g/mol. The summed E-state index contributed by atoms with van der Waals surface area (Å²) >= 11 is 0. The van der Waals surface area contributed by atoms with E-state index in [0.717, 1.165) is 17.8 Å². The molecule has 5 heteroatoms. The summed E-state index contributed by atoms with van der Waals surface area (Å²) in [4.78, 5) is 23.8. The fourth-order valence-corrected chi connectivity index (χ4v) is 6.43. The molecule has 0 radical (unpaired) electrons. The number of nitrogens with one attached hydrogen (secondary N) is 1. The molecule has 5 rings (SSSR count). The Morgan fingerprint density at radius 2 is 1.56 bits per heavy atom. The Morgan fingerprint density at radius 3 is 2.04 bits per heavy atom. The van der Waals surface area contributed by atoms with Crippen LogP contribution in [0.2, 0.25) is 0 Å². The first-order valence-corrected chi connectivity index (χ1v) is 10.4. The summed E-state index contributed by atoms with van der Waals surface area (Å²) < 4.78 is 0. The smallest absolute Gasteiger partial charge is 0.282 e. The standard InChI is InChI=1S/C22H31N3O2/c1-13(21(27)25-19-5-3-18(4-6-19)20(23)26)24-14(2)22-10-15-7-16(11-22)9-17(8-15)12-22/h3-6,13-17,24H,7-12H2,1-2H3,(H2,23,26)(H,25,27)/p+1/t13-,14+,15?,16?,17?,22?/m0/s1. The lowest BCUT2D eigenvalue weighted by Gasteiger charge is -2.58. The zero-order valence-electron chi connectivity index (χ0n) is 16.4. The minimum atomic E-state index is -0.459. The molecule has 0 heterocycles. The number of amides is 2. The minimum Gasteiger partial charge on any atom is -0.366 e. The summed E-state index contributed by atoms with van der Waals surface area (Å²) in [5.74, 6) is 2.34. The first kappa shape index (κ1) is 18.5. The molecule has 2 atom stereocenters. The zero-order chi connectivity index (χ0) is 19.2. The van der Waals surface area contributed by atoms with Crippen molar-refractivity contribution in [3.05, 3.63) is 29.8 Å². The molecule has 27 heavy (non-hydrogen) atoms. The normalized spacial score (nSPS) is 33.5. The van der Waals surface area contributed by atoms with Gasteiger partial charge < -0.3 is 16.4 Å². The Hall–Kier alpha value is -1.88. The predicted molar refractivity (Wildman–Crippen MR) is 105 cm³/mol. The predicted octanol–water partition coefficient (Wildman–Crippen LogP) is 2.28. The number of hydrogen-bond acceptors (Lipinski definition) is 2. The number of nitrogens with two attached hydrogens (primary N) is 2. The average Bonchev–Trinajstić information content (AvgIpc) is 2.60. The summed E-state index contributed by atoms with van der Waals surface area (Å²) in [5, 5.41) is 5.24. The van der Waals surface area contributed by atoms with Crippen LogP contribution in [0, 0.1) is 23.2 Å². The van der Waals surface area contributed by atoms with E-state index >= 15 is 0 Å². The molecule has 4 fully saturated rings. The molecule has 0 unspecified atom stereocenters. The number of rotatable bonds is 6. The van der Waals surface area contributed by atoms with Gasteiger partial charge in [-0.05, 0) is 94.4 Å². The van der Waals surface area contributed by atoms with Crippen molar-refractivity contribution in [1.29, 1.82) is 0 Å². The van der Waals surface area contributed by atoms with E-state index in [9.17, 15) is 9.59 Å². The van der Waals surface area contributed by atoms with Crippen LogP contribution in [0.4, 0.5) is 5.69 Å². The maximum Gasteiger partial charge on any atom is 0.282 e. The van der Waals surface area contributed by atoms with E-state index in [2.05, 4.69) is 17.6 Å². The fraction of sp³-hybridized carbons (Fsp3) is 0.636. The lowest BCUT2D eigenvalue weighted by molar-refractivity contribution is -0.718. The lowest BCUT2D eigenvalue weighted by atomic mass is 9.48. The summed E-state index contributed by atoms with van der Waals surface area (Å²) in [7, 11) is 0. The molecule has 0 spiro atoms. The van der Waals surface area contributed by atoms with E-state index in [1.807, 2.05) is 6.92 Å². The second-order valence-corrected chi connectivity index (χ2v) is 9.48. The number of hydrogen-bond donors (Lipinski definition) is 3. The van der Waals surface area contributed by atoms with Crippen molar-refractivity contribution in [2.75, 3.05) is 5.32 Å². The molecule has 4 aliphatic carbocycles. The van der Waals surface area contributed by atoms with Gasteiger partial charge in [0.05, 0.1) is 6.04 Å². The highest BCUT2D eigenvalue weighted by molar-refractivity contribution is 5.95. The maximum atomic E-state index is 12.7. The van der Waals surface area contributed by atoms with Crippen LogP contribution in [-0.2, 0) is 4.79 Å². The van der Waals surface area contributed by atoms with E-state index in [1.165, 1.54) is 38.5 Å². The maximum absolute atomic E-state index is 12.7. The second kappa shape index (κ2) is 6.93. The van der Waals surface area contributed by atoms with Crippen LogP contribution >= 0.6 is 0 Å². The molecule has 0 saturated heterocycles. The zero-order valence-corrected chi connectivity index (χ0v) is 16.4. The third kappa shape index (κ3) is 3.62. The highest BCUT2D eigenvalue weighted by atomic mass is 16.2. The number of quaternary nitrogens is 1. The van der Waals surface area contributed by atoms with Crippen LogP contribution in [0.25, 0.3) is 0 Å². The van der Waals surface area contributed by atoms with E-state index in [1.54, 1.807) is 24.3 Å². The van der Waals surface area contributed by atoms with E-state index < -0.39 is 5.91 Å². The van der Waals surface area contributed by atoms with Crippen LogP contribution in [0.15, 0.2) is 24.3 Å². The Balaban J connectivity index is 1.36. The summed E-state index contributed by atoms with van der Waals surface area (Å²) in [6.45, 7) is 4.32. The van der Waals surface area contributed by atoms with E-state index in [4.69, 9.17) is 5.73 Å². The molecule has 4 aliphatic rings. The molecule has 0 aliphatic heterocycles. The Kier molecular flexibility index (Phi) is 4.75. The number of carbonyl (C=O) groups is 2. The first-order chi connectivity index (χ1) is 12.8. The molecule has 4 bridgehead atoms. The van der Waals surface area contributed by atoms with Crippen LogP contribution in [-0.4, -0.2) is 23.9 Å². The van der Waals surface area contributed by atoms with Gasteiger partial charge in [-0.2, -0.15) is 0 Å². The first-order valence-electron chi connectivity index (χ1n) is 10.4. The van der Waals surface area contributed by atoms with Gasteiger partial charge >= 0.3 is 0 Å². The molecular formula is C22H32N3O2+.